The second-order valence-corrected chi connectivity index (χ2v) is 4.11. The number of carbonyl (C=O) groups is 1. The molecule has 0 aromatic rings. The van der Waals surface area contributed by atoms with Crippen molar-refractivity contribution in [3.8, 4) is 0 Å². The van der Waals surface area contributed by atoms with E-state index in [1.807, 2.05) is 11.9 Å². The minimum absolute atomic E-state index is 0.0515. The molecule has 4 heteroatoms. The van der Waals surface area contributed by atoms with E-state index in [-0.39, 0.29) is 12.0 Å². The van der Waals surface area contributed by atoms with Gasteiger partial charge >= 0.3 is 5.97 Å². The topological polar surface area (TPSA) is 29.5 Å². The summed E-state index contributed by atoms with van der Waals surface area (Å²) in [6.07, 6.45) is 0.850. The van der Waals surface area contributed by atoms with E-state index in [4.69, 9.17) is 0 Å². The molecule has 2 atom stereocenters. The van der Waals surface area contributed by atoms with E-state index >= 15 is 0 Å². The molecule has 1 fully saturated rings. The number of likely N-dealkylation sites (N-methyl/N-ethyl adjacent to an activating group) is 1. The molecule has 0 saturated carbocycles. The number of methoxy groups -OCH3 is 1. The van der Waals surface area contributed by atoms with Crippen LogP contribution in [0, 0.1) is 0 Å². The van der Waals surface area contributed by atoms with Gasteiger partial charge in [-0.3, -0.25) is 9.69 Å². The molecule has 1 aliphatic heterocycles. The van der Waals surface area contributed by atoms with E-state index < -0.39 is 0 Å². The summed E-state index contributed by atoms with van der Waals surface area (Å²) in [6, 6.07) is -0.0515. The van der Waals surface area contributed by atoms with Gasteiger partial charge in [-0.2, -0.15) is 0 Å². The summed E-state index contributed by atoms with van der Waals surface area (Å²) in [5.74, 6) is -0.130. The smallest absolute Gasteiger partial charge is 0.323 e. The predicted molar refractivity (Wildman–Crippen MR) is 45.8 cm³/mol. The molecule has 0 aliphatic carbocycles. The van der Waals surface area contributed by atoms with Crippen molar-refractivity contribution in [2.45, 2.75) is 17.3 Å². The van der Waals surface area contributed by atoms with Crippen LogP contribution in [0.1, 0.15) is 6.42 Å². The van der Waals surface area contributed by atoms with Crippen LogP contribution in [0.2, 0.25) is 0 Å². The molecular weight excluding hydrogens is 210 g/mol. The zero-order chi connectivity index (χ0) is 8.43. The molecule has 0 bridgehead atoms. The Morgan fingerprint density at radius 3 is 2.73 bits per heavy atom. The molecule has 1 heterocycles. The lowest BCUT2D eigenvalue weighted by atomic mass is 10.2. The standard InChI is InChI=1S/C7H12BrNO2/c1-9-4-5(8)3-6(9)7(10)11-2/h5-6H,3-4H2,1-2H3/t5-,6-/m0/s1. The van der Waals surface area contributed by atoms with Crippen LogP contribution >= 0.6 is 15.9 Å². The van der Waals surface area contributed by atoms with Gasteiger partial charge in [0.1, 0.15) is 6.04 Å². The second kappa shape index (κ2) is 3.54. The highest BCUT2D eigenvalue weighted by atomic mass is 79.9. The fraction of sp³-hybridized carbons (Fsp3) is 0.857. The van der Waals surface area contributed by atoms with E-state index in [2.05, 4.69) is 20.7 Å². The first-order valence-corrected chi connectivity index (χ1v) is 4.49. The Balaban J connectivity index is 2.52. The fourth-order valence-electron chi connectivity index (χ4n) is 1.35. The average molecular weight is 222 g/mol. The van der Waals surface area contributed by atoms with Gasteiger partial charge in [-0.15, -0.1) is 0 Å². The van der Waals surface area contributed by atoms with Gasteiger partial charge in [0.05, 0.1) is 7.11 Å². The lowest BCUT2D eigenvalue weighted by Crippen LogP contribution is -2.33. The zero-order valence-corrected chi connectivity index (χ0v) is 8.30. The Labute approximate surface area is 74.8 Å². The maximum Gasteiger partial charge on any atom is 0.323 e. The van der Waals surface area contributed by atoms with Crippen LogP contribution < -0.4 is 0 Å². The molecule has 1 aliphatic rings. The maximum absolute atomic E-state index is 11.1. The normalized spacial score (nSPS) is 32.3. The van der Waals surface area contributed by atoms with Crippen molar-refractivity contribution in [1.82, 2.24) is 4.90 Å². The van der Waals surface area contributed by atoms with Crippen molar-refractivity contribution in [3.63, 3.8) is 0 Å². The molecule has 0 radical (unpaired) electrons. The number of carbonyl (C=O) groups excluding carboxylic acids is 1. The Morgan fingerprint density at radius 1 is 1.73 bits per heavy atom. The molecule has 0 N–H and O–H groups in total. The van der Waals surface area contributed by atoms with E-state index in [9.17, 15) is 4.79 Å². The summed E-state index contributed by atoms with van der Waals surface area (Å²) in [6.45, 7) is 0.916. The molecule has 3 nitrogen and oxygen atoms in total. The first kappa shape index (κ1) is 9.00. The highest BCUT2D eigenvalue weighted by molar-refractivity contribution is 9.09. The van der Waals surface area contributed by atoms with Gasteiger partial charge in [-0.25, -0.2) is 0 Å². The maximum atomic E-state index is 11.1. The number of ether oxygens (including phenoxy) is 1. The summed E-state index contributed by atoms with van der Waals surface area (Å²) in [4.78, 5) is 13.5. The predicted octanol–water partition coefficient (Wildman–Crippen LogP) is 0.627. The van der Waals surface area contributed by atoms with Crippen molar-refractivity contribution in [3.05, 3.63) is 0 Å². The highest BCUT2D eigenvalue weighted by Gasteiger charge is 2.33. The molecule has 64 valence electrons. The Kier molecular flexibility index (Phi) is 2.90. The summed E-state index contributed by atoms with van der Waals surface area (Å²) in [5, 5.41) is 0. The van der Waals surface area contributed by atoms with E-state index in [0.717, 1.165) is 13.0 Å². The van der Waals surface area contributed by atoms with E-state index in [1.54, 1.807) is 0 Å². The second-order valence-electron chi connectivity index (χ2n) is 2.81. The lowest BCUT2D eigenvalue weighted by molar-refractivity contribution is -0.145. The average Bonchev–Trinajstić information content (AvgIpc) is 2.28. The number of esters is 1. The molecule has 0 spiro atoms. The third kappa shape index (κ3) is 1.93. The minimum Gasteiger partial charge on any atom is -0.468 e. The van der Waals surface area contributed by atoms with Crippen LogP contribution in [0.4, 0.5) is 0 Å². The summed E-state index contributed by atoms with van der Waals surface area (Å²) in [7, 11) is 3.36. The van der Waals surface area contributed by atoms with Crippen LogP contribution in [-0.4, -0.2) is 42.4 Å². The molecule has 1 saturated heterocycles. The third-order valence-corrected chi connectivity index (χ3v) is 2.63. The van der Waals surface area contributed by atoms with Gasteiger partial charge in [0.2, 0.25) is 0 Å². The number of likely N-dealkylation sites (tertiary alicyclic amines) is 1. The SMILES string of the molecule is COC(=O)[C@@H]1C[C@H](Br)CN1C. The molecule has 11 heavy (non-hydrogen) atoms. The lowest BCUT2D eigenvalue weighted by Gasteiger charge is -2.15. The molecule has 1 rings (SSSR count). The van der Waals surface area contributed by atoms with E-state index in [1.165, 1.54) is 7.11 Å². The third-order valence-electron chi connectivity index (χ3n) is 1.97. The van der Waals surface area contributed by atoms with E-state index in [0.29, 0.717) is 4.83 Å². The van der Waals surface area contributed by atoms with Crippen molar-refractivity contribution >= 4 is 21.9 Å². The van der Waals surface area contributed by atoms with Crippen molar-refractivity contribution < 1.29 is 9.53 Å². The van der Waals surface area contributed by atoms with Crippen molar-refractivity contribution in [1.29, 1.82) is 0 Å². The van der Waals surface area contributed by atoms with Crippen LogP contribution in [0.3, 0.4) is 0 Å². The largest absolute Gasteiger partial charge is 0.468 e. The van der Waals surface area contributed by atoms with Crippen molar-refractivity contribution in [2.24, 2.45) is 0 Å². The first-order valence-electron chi connectivity index (χ1n) is 3.57. The first-order chi connectivity index (χ1) is 5.15. The Morgan fingerprint density at radius 2 is 2.36 bits per heavy atom. The number of hydrogen-bond acceptors (Lipinski definition) is 3. The van der Waals surface area contributed by atoms with Crippen LogP contribution in [0.5, 0.6) is 0 Å². The Hall–Kier alpha value is -0.0900. The minimum atomic E-state index is -0.130. The monoisotopic (exact) mass is 221 g/mol. The summed E-state index contributed by atoms with van der Waals surface area (Å²) in [5.41, 5.74) is 0. The summed E-state index contributed by atoms with van der Waals surface area (Å²) < 4.78 is 4.65. The fourth-order valence-corrected chi connectivity index (χ4v) is 2.16. The number of rotatable bonds is 1. The van der Waals surface area contributed by atoms with Gasteiger partial charge in [0.25, 0.3) is 0 Å². The van der Waals surface area contributed by atoms with Crippen LogP contribution in [0.25, 0.3) is 0 Å². The van der Waals surface area contributed by atoms with Gasteiger partial charge < -0.3 is 4.74 Å². The number of halogens is 1. The van der Waals surface area contributed by atoms with Crippen molar-refractivity contribution in [2.75, 3.05) is 20.7 Å². The Bertz CT molecular complexity index is 163. The van der Waals surface area contributed by atoms with Gasteiger partial charge in [0, 0.05) is 11.4 Å². The van der Waals surface area contributed by atoms with Gasteiger partial charge in [0.15, 0.2) is 0 Å². The number of hydrogen-bond donors (Lipinski definition) is 0. The summed E-state index contributed by atoms with van der Waals surface area (Å²) >= 11 is 3.47. The molecule has 0 unspecified atom stereocenters. The molecule has 0 aromatic heterocycles. The highest BCUT2D eigenvalue weighted by Crippen LogP contribution is 2.22. The van der Waals surface area contributed by atoms with Gasteiger partial charge in [-0.1, -0.05) is 15.9 Å². The number of nitrogens with zero attached hydrogens (tertiary/aromatic N) is 1. The molecule has 0 amide bonds. The number of alkyl halides is 1. The molecule has 0 aromatic carbocycles. The molecular formula is C7H12BrNO2. The van der Waals surface area contributed by atoms with Crippen LogP contribution in [-0.2, 0) is 9.53 Å². The quantitative estimate of drug-likeness (QED) is 0.481. The zero-order valence-electron chi connectivity index (χ0n) is 6.71. The van der Waals surface area contributed by atoms with Crippen LogP contribution in [0.15, 0.2) is 0 Å². The van der Waals surface area contributed by atoms with Gasteiger partial charge in [-0.05, 0) is 13.5 Å².